The molecule has 5 heteroatoms. The molecule has 1 aromatic rings. The van der Waals surface area contributed by atoms with Crippen molar-refractivity contribution in [2.75, 3.05) is 40.4 Å². The number of halogens is 1. The predicted octanol–water partition coefficient (Wildman–Crippen LogP) is 1.25. The van der Waals surface area contributed by atoms with Gasteiger partial charge in [-0.3, -0.25) is 4.90 Å². The van der Waals surface area contributed by atoms with Crippen LogP contribution in [0.1, 0.15) is 5.56 Å². The summed E-state index contributed by atoms with van der Waals surface area (Å²) in [4.78, 5) is 2.22. The summed E-state index contributed by atoms with van der Waals surface area (Å²) in [6.45, 7) is 3.79. The second kappa shape index (κ2) is 6.84. The number of hydrogen-bond acceptors (Lipinski definition) is 4. The average molecular weight is 268 g/mol. The maximum Gasteiger partial charge on any atom is 0.131 e. The minimum absolute atomic E-state index is 0.181. The molecule has 0 radical (unpaired) electrons. The van der Waals surface area contributed by atoms with E-state index in [1.54, 1.807) is 19.2 Å². The lowest BCUT2D eigenvalue weighted by Crippen LogP contribution is -2.45. The van der Waals surface area contributed by atoms with Crippen molar-refractivity contribution < 1.29 is 13.9 Å². The van der Waals surface area contributed by atoms with Crippen molar-refractivity contribution in [1.82, 2.24) is 10.2 Å². The molecule has 0 bridgehead atoms. The van der Waals surface area contributed by atoms with E-state index < -0.39 is 0 Å². The topological polar surface area (TPSA) is 33.7 Å². The van der Waals surface area contributed by atoms with E-state index in [1.807, 2.05) is 7.05 Å². The van der Waals surface area contributed by atoms with Crippen LogP contribution in [-0.2, 0) is 11.3 Å². The summed E-state index contributed by atoms with van der Waals surface area (Å²) in [5.41, 5.74) is 0.700. The van der Waals surface area contributed by atoms with Gasteiger partial charge in [-0.15, -0.1) is 0 Å². The Morgan fingerprint density at radius 1 is 1.53 bits per heavy atom. The van der Waals surface area contributed by atoms with E-state index in [1.165, 1.54) is 6.07 Å². The Balaban J connectivity index is 1.96. The molecule has 19 heavy (non-hydrogen) atoms. The predicted molar refractivity (Wildman–Crippen MR) is 71.9 cm³/mol. The van der Waals surface area contributed by atoms with Crippen LogP contribution in [-0.4, -0.2) is 51.4 Å². The van der Waals surface area contributed by atoms with E-state index in [4.69, 9.17) is 9.47 Å². The van der Waals surface area contributed by atoms with Crippen molar-refractivity contribution in [2.24, 2.45) is 0 Å². The summed E-state index contributed by atoms with van der Waals surface area (Å²) in [6, 6.07) is 5.02. The van der Waals surface area contributed by atoms with Gasteiger partial charge in [0, 0.05) is 37.8 Å². The third kappa shape index (κ3) is 3.89. The maximum atomic E-state index is 13.9. The molecule has 1 aliphatic heterocycles. The number of hydrogen-bond donors (Lipinski definition) is 1. The van der Waals surface area contributed by atoms with Gasteiger partial charge in [0.1, 0.15) is 11.6 Å². The van der Waals surface area contributed by atoms with Crippen molar-refractivity contribution >= 4 is 0 Å². The molecular formula is C14H21FN2O2. The molecule has 0 amide bonds. The second-order valence-corrected chi connectivity index (χ2v) is 4.74. The van der Waals surface area contributed by atoms with E-state index in [-0.39, 0.29) is 11.9 Å². The van der Waals surface area contributed by atoms with Gasteiger partial charge in [-0.25, -0.2) is 4.39 Å². The number of rotatable bonds is 5. The molecule has 1 heterocycles. The Morgan fingerprint density at radius 2 is 2.37 bits per heavy atom. The summed E-state index contributed by atoms with van der Waals surface area (Å²) in [5, 5.41) is 3.11. The second-order valence-electron chi connectivity index (χ2n) is 4.74. The van der Waals surface area contributed by atoms with E-state index in [0.717, 1.165) is 19.6 Å². The van der Waals surface area contributed by atoms with Crippen LogP contribution in [0.2, 0.25) is 0 Å². The zero-order chi connectivity index (χ0) is 13.7. The first-order valence-electron chi connectivity index (χ1n) is 6.54. The molecule has 1 atom stereocenters. The largest absolute Gasteiger partial charge is 0.497 e. The molecule has 0 aliphatic carbocycles. The lowest BCUT2D eigenvalue weighted by molar-refractivity contribution is -0.0294. The smallest absolute Gasteiger partial charge is 0.131 e. The van der Waals surface area contributed by atoms with Gasteiger partial charge in [-0.05, 0) is 13.1 Å². The number of methoxy groups -OCH3 is 1. The number of morpholine rings is 1. The van der Waals surface area contributed by atoms with Gasteiger partial charge < -0.3 is 14.8 Å². The van der Waals surface area contributed by atoms with Crippen molar-refractivity contribution in [3.05, 3.63) is 29.6 Å². The SMILES string of the molecule is CNCC1CN(Cc2ccc(OC)cc2F)CCO1. The number of ether oxygens (including phenoxy) is 2. The van der Waals surface area contributed by atoms with Crippen LogP contribution >= 0.6 is 0 Å². The number of likely N-dealkylation sites (N-methyl/N-ethyl adjacent to an activating group) is 1. The van der Waals surface area contributed by atoms with Crippen LogP contribution in [0.25, 0.3) is 0 Å². The Bertz CT molecular complexity index is 412. The highest BCUT2D eigenvalue weighted by atomic mass is 19.1. The first kappa shape index (κ1) is 14.2. The van der Waals surface area contributed by atoms with Gasteiger partial charge in [0.25, 0.3) is 0 Å². The number of nitrogens with zero attached hydrogens (tertiary/aromatic N) is 1. The van der Waals surface area contributed by atoms with Crippen LogP contribution in [0.3, 0.4) is 0 Å². The fourth-order valence-electron chi connectivity index (χ4n) is 2.30. The van der Waals surface area contributed by atoms with Crippen molar-refractivity contribution in [2.45, 2.75) is 12.6 Å². The van der Waals surface area contributed by atoms with Gasteiger partial charge in [-0.2, -0.15) is 0 Å². The van der Waals surface area contributed by atoms with Crippen molar-refractivity contribution in [1.29, 1.82) is 0 Å². The van der Waals surface area contributed by atoms with Gasteiger partial charge in [0.2, 0.25) is 0 Å². The third-order valence-corrected chi connectivity index (χ3v) is 3.31. The highest BCUT2D eigenvalue weighted by Gasteiger charge is 2.20. The maximum absolute atomic E-state index is 13.9. The van der Waals surface area contributed by atoms with E-state index >= 15 is 0 Å². The van der Waals surface area contributed by atoms with Crippen LogP contribution in [0, 0.1) is 5.82 Å². The fourth-order valence-corrected chi connectivity index (χ4v) is 2.30. The van der Waals surface area contributed by atoms with Crippen molar-refractivity contribution in [3.8, 4) is 5.75 Å². The summed E-state index contributed by atoms with van der Waals surface area (Å²) < 4.78 is 24.5. The molecule has 1 unspecified atom stereocenters. The minimum atomic E-state index is -0.212. The molecule has 1 fully saturated rings. The number of benzene rings is 1. The Morgan fingerprint density at radius 3 is 3.05 bits per heavy atom. The Kier molecular flexibility index (Phi) is 5.13. The quantitative estimate of drug-likeness (QED) is 0.871. The lowest BCUT2D eigenvalue weighted by Gasteiger charge is -2.32. The zero-order valence-corrected chi connectivity index (χ0v) is 11.5. The minimum Gasteiger partial charge on any atom is -0.497 e. The lowest BCUT2D eigenvalue weighted by atomic mass is 10.1. The molecule has 1 saturated heterocycles. The zero-order valence-electron chi connectivity index (χ0n) is 11.5. The molecule has 4 nitrogen and oxygen atoms in total. The standard InChI is InChI=1S/C14H21FN2O2/c1-16-8-13-10-17(5-6-19-13)9-11-3-4-12(18-2)7-14(11)15/h3-4,7,13,16H,5-6,8-10H2,1-2H3. The monoisotopic (exact) mass is 268 g/mol. The summed E-state index contributed by atoms with van der Waals surface area (Å²) in [6.07, 6.45) is 0.181. The highest BCUT2D eigenvalue weighted by Crippen LogP contribution is 2.18. The van der Waals surface area contributed by atoms with E-state index in [0.29, 0.717) is 24.5 Å². The summed E-state index contributed by atoms with van der Waals surface area (Å²) in [7, 11) is 3.45. The molecule has 0 aromatic heterocycles. The van der Waals surface area contributed by atoms with Gasteiger partial charge >= 0.3 is 0 Å². The summed E-state index contributed by atoms with van der Waals surface area (Å²) in [5.74, 6) is 0.340. The molecule has 2 rings (SSSR count). The molecule has 1 aliphatic rings. The number of nitrogens with one attached hydrogen (secondary N) is 1. The average Bonchev–Trinajstić information content (AvgIpc) is 2.42. The fraction of sp³-hybridized carbons (Fsp3) is 0.571. The molecule has 1 N–H and O–H groups in total. The Labute approximate surface area is 113 Å². The van der Waals surface area contributed by atoms with E-state index in [2.05, 4.69) is 10.2 Å². The molecule has 106 valence electrons. The van der Waals surface area contributed by atoms with E-state index in [9.17, 15) is 4.39 Å². The molecule has 1 aromatic carbocycles. The first-order valence-corrected chi connectivity index (χ1v) is 6.54. The van der Waals surface area contributed by atoms with Crippen LogP contribution < -0.4 is 10.1 Å². The van der Waals surface area contributed by atoms with Crippen LogP contribution in [0.15, 0.2) is 18.2 Å². The van der Waals surface area contributed by atoms with Gasteiger partial charge in [0.05, 0.1) is 19.8 Å². The normalized spacial score (nSPS) is 20.5. The van der Waals surface area contributed by atoms with Crippen LogP contribution in [0.4, 0.5) is 4.39 Å². The molecule has 0 saturated carbocycles. The van der Waals surface area contributed by atoms with Crippen LogP contribution in [0.5, 0.6) is 5.75 Å². The molecular weight excluding hydrogens is 247 g/mol. The molecule has 0 spiro atoms. The summed E-state index contributed by atoms with van der Waals surface area (Å²) >= 11 is 0. The highest BCUT2D eigenvalue weighted by molar-refractivity contribution is 5.28. The van der Waals surface area contributed by atoms with Gasteiger partial charge in [0.15, 0.2) is 0 Å². The third-order valence-electron chi connectivity index (χ3n) is 3.31. The van der Waals surface area contributed by atoms with Gasteiger partial charge in [-0.1, -0.05) is 6.07 Å². The Hall–Kier alpha value is -1.17. The van der Waals surface area contributed by atoms with Crippen molar-refractivity contribution in [3.63, 3.8) is 0 Å². The first-order chi connectivity index (χ1) is 9.22.